The van der Waals surface area contributed by atoms with Crippen molar-refractivity contribution in [1.29, 1.82) is 0 Å². The number of aromatic nitrogens is 1. The van der Waals surface area contributed by atoms with Gasteiger partial charge in [-0.15, -0.1) is 0 Å². The minimum atomic E-state index is -0.341. The van der Waals surface area contributed by atoms with Gasteiger partial charge in [-0.2, -0.15) is 0 Å². The molecule has 1 aromatic rings. The number of nitrogens with one attached hydrogen (secondary N) is 1. The Balaban J connectivity index is 2.85. The summed E-state index contributed by atoms with van der Waals surface area (Å²) in [6.45, 7) is 0.274. The molecule has 13 heavy (non-hydrogen) atoms. The molecule has 3 N–H and O–H groups in total. The Labute approximate surface area is 77.2 Å². The number of nitrogens with zero attached hydrogens (tertiary/aromatic N) is 1. The second-order valence-corrected chi connectivity index (χ2v) is 2.66. The summed E-state index contributed by atoms with van der Waals surface area (Å²) in [4.78, 5) is 15.4. The highest BCUT2D eigenvalue weighted by atomic mass is 16.1. The fraction of sp³-hybridized carbons (Fsp3) is 0.333. The molecule has 0 aliphatic carbocycles. The predicted molar refractivity (Wildman–Crippen MR) is 50.1 cm³/mol. The third-order valence-corrected chi connectivity index (χ3v) is 1.84. The maximum absolute atomic E-state index is 11.3. The molecule has 0 aromatic carbocycles. The van der Waals surface area contributed by atoms with Gasteiger partial charge >= 0.3 is 0 Å². The lowest BCUT2D eigenvalue weighted by atomic mass is 10.0. The van der Waals surface area contributed by atoms with Crippen LogP contribution in [0.25, 0.3) is 0 Å². The van der Waals surface area contributed by atoms with Crippen molar-refractivity contribution < 1.29 is 4.79 Å². The van der Waals surface area contributed by atoms with Gasteiger partial charge in [-0.05, 0) is 12.1 Å². The maximum atomic E-state index is 11.3. The van der Waals surface area contributed by atoms with Crippen molar-refractivity contribution in [1.82, 2.24) is 10.3 Å². The number of pyridine rings is 1. The average molecular weight is 179 g/mol. The van der Waals surface area contributed by atoms with E-state index in [0.717, 1.165) is 0 Å². The Kier molecular flexibility index (Phi) is 3.40. The molecule has 1 amide bonds. The number of carbonyl (C=O) groups excluding carboxylic acids is 1. The summed E-state index contributed by atoms with van der Waals surface area (Å²) in [6.07, 6.45) is 1.65. The summed E-state index contributed by atoms with van der Waals surface area (Å²) >= 11 is 0. The molecule has 4 nitrogen and oxygen atoms in total. The van der Waals surface area contributed by atoms with Crippen molar-refractivity contribution in [2.45, 2.75) is 5.92 Å². The zero-order chi connectivity index (χ0) is 9.68. The van der Waals surface area contributed by atoms with Crippen LogP contribution in [0.2, 0.25) is 0 Å². The smallest absolute Gasteiger partial charge is 0.230 e. The molecule has 1 heterocycles. The third-order valence-electron chi connectivity index (χ3n) is 1.84. The minimum Gasteiger partial charge on any atom is -0.359 e. The van der Waals surface area contributed by atoms with E-state index < -0.39 is 0 Å². The van der Waals surface area contributed by atoms with E-state index in [2.05, 4.69) is 10.3 Å². The first-order valence-corrected chi connectivity index (χ1v) is 4.12. The van der Waals surface area contributed by atoms with Gasteiger partial charge in [-0.3, -0.25) is 9.78 Å². The lowest BCUT2D eigenvalue weighted by molar-refractivity contribution is -0.121. The monoisotopic (exact) mass is 179 g/mol. The summed E-state index contributed by atoms with van der Waals surface area (Å²) in [5.74, 6) is -0.438. The molecule has 0 aliphatic heterocycles. The van der Waals surface area contributed by atoms with E-state index in [9.17, 15) is 4.79 Å². The molecule has 4 heteroatoms. The Hall–Kier alpha value is -1.42. The average Bonchev–Trinajstić information content (AvgIpc) is 2.20. The summed E-state index contributed by atoms with van der Waals surface area (Å²) < 4.78 is 0. The lowest BCUT2D eigenvalue weighted by Gasteiger charge is -2.11. The van der Waals surface area contributed by atoms with Crippen LogP contribution in [-0.2, 0) is 4.79 Å². The highest BCUT2D eigenvalue weighted by Crippen LogP contribution is 2.10. The normalized spacial score (nSPS) is 12.2. The number of likely N-dealkylation sites (N-methyl/N-ethyl adjacent to an activating group) is 1. The Morgan fingerprint density at radius 2 is 2.46 bits per heavy atom. The quantitative estimate of drug-likeness (QED) is 0.679. The molecule has 0 spiro atoms. The van der Waals surface area contributed by atoms with Gasteiger partial charge in [0, 0.05) is 19.8 Å². The van der Waals surface area contributed by atoms with E-state index in [1.54, 1.807) is 25.4 Å². The minimum absolute atomic E-state index is 0.0961. The van der Waals surface area contributed by atoms with Gasteiger partial charge in [0.05, 0.1) is 11.6 Å². The van der Waals surface area contributed by atoms with Crippen LogP contribution >= 0.6 is 0 Å². The van der Waals surface area contributed by atoms with Crippen molar-refractivity contribution in [3.8, 4) is 0 Å². The first-order chi connectivity index (χ1) is 6.29. The van der Waals surface area contributed by atoms with E-state index >= 15 is 0 Å². The molecule has 70 valence electrons. The summed E-state index contributed by atoms with van der Waals surface area (Å²) in [6, 6.07) is 5.45. The Bertz CT molecular complexity index is 273. The first kappa shape index (κ1) is 9.67. The molecule has 1 atom stereocenters. The number of hydrogen-bond donors (Lipinski definition) is 2. The van der Waals surface area contributed by atoms with E-state index in [0.29, 0.717) is 5.69 Å². The molecule has 0 fully saturated rings. The van der Waals surface area contributed by atoms with Crippen LogP contribution in [0.4, 0.5) is 0 Å². The van der Waals surface area contributed by atoms with Gasteiger partial charge in [-0.1, -0.05) is 6.07 Å². The summed E-state index contributed by atoms with van der Waals surface area (Å²) in [5, 5.41) is 2.56. The highest BCUT2D eigenvalue weighted by molar-refractivity contribution is 5.83. The van der Waals surface area contributed by atoms with Crippen LogP contribution in [0, 0.1) is 0 Å². The molecule has 1 rings (SSSR count). The van der Waals surface area contributed by atoms with Gasteiger partial charge in [-0.25, -0.2) is 0 Å². The van der Waals surface area contributed by atoms with E-state index in [1.807, 2.05) is 6.07 Å². The van der Waals surface area contributed by atoms with E-state index in [-0.39, 0.29) is 18.4 Å². The third kappa shape index (κ3) is 2.26. The van der Waals surface area contributed by atoms with Crippen LogP contribution in [0.3, 0.4) is 0 Å². The van der Waals surface area contributed by atoms with Crippen molar-refractivity contribution in [3.05, 3.63) is 30.1 Å². The predicted octanol–water partition coefficient (Wildman–Crippen LogP) is -0.130. The van der Waals surface area contributed by atoms with Gasteiger partial charge < -0.3 is 11.1 Å². The second kappa shape index (κ2) is 4.57. The lowest BCUT2D eigenvalue weighted by Crippen LogP contribution is -2.31. The van der Waals surface area contributed by atoms with Gasteiger partial charge in [0.1, 0.15) is 0 Å². The van der Waals surface area contributed by atoms with Crippen LogP contribution in [-0.4, -0.2) is 24.5 Å². The van der Waals surface area contributed by atoms with Crippen LogP contribution in [0.5, 0.6) is 0 Å². The maximum Gasteiger partial charge on any atom is 0.230 e. The molecule has 1 unspecified atom stereocenters. The molecule has 0 radical (unpaired) electrons. The Morgan fingerprint density at radius 1 is 1.69 bits per heavy atom. The number of rotatable bonds is 3. The largest absolute Gasteiger partial charge is 0.359 e. The fourth-order valence-electron chi connectivity index (χ4n) is 1.12. The molecule has 0 saturated carbocycles. The topological polar surface area (TPSA) is 68.0 Å². The summed E-state index contributed by atoms with van der Waals surface area (Å²) in [7, 11) is 1.59. The molecular weight excluding hydrogens is 166 g/mol. The van der Waals surface area contributed by atoms with Gasteiger partial charge in [0.15, 0.2) is 0 Å². The van der Waals surface area contributed by atoms with E-state index in [4.69, 9.17) is 5.73 Å². The van der Waals surface area contributed by atoms with Gasteiger partial charge in [0.25, 0.3) is 0 Å². The van der Waals surface area contributed by atoms with Crippen LogP contribution in [0.1, 0.15) is 11.6 Å². The first-order valence-electron chi connectivity index (χ1n) is 4.12. The zero-order valence-corrected chi connectivity index (χ0v) is 7.53. The molecular formula is C9H13N3O. The van der Waals surface area contributed by atoms with Crippen LogP contribution < -0.4 is 11.1 Å². The number of nitrogens with two attached hydrogens (primary N) is 1. The van der Waals surface area contributed by atoms with Crippen molar-refractivity contribution in [3.63, 3.8) is 0 Å². The number of hydrogen-bond acceptors (Lipinski definition) is 3. The fourth-order valence-corrected chi connectivity index (χ4v) is 1.12. The standard InChI is InChI=1S/C9H13N3O/c1-11-9(13)7(6-10)8-4-2-3-5-12-8/h2-5,7H,6,10H2,1H3,(H,11,13). The second-order valence-electron chi connectivity index (χ2n) is 2.66. The molecule has 1 aromatic heterocycles. The van der Waals surface area contributed by atoms with Crippen molar-refractivity contribution >= 4 is 5.91 Å². The number of carbonyl (C=O) groups is 1. The molecule has 0 bridgehead atoms. The van der Waals surface area contributed by atoms with Gasteiger partial charge in [0.2, 0.25) is 5.91 Å². The molecule has 0 saturated heterocycles. The SMILES string of the molecule is CNC(=O)C(CN)c1ccccn1. The Morgan fingerprint density at radius 3 is 2.92 bits per heavy atom. The zero-order valence-electron chi connectivity index (χ0n) is 7.53. The summed E-state index contributed by atoms with van der Waals surface area (Å²) in [5.41, 5.74) is 6.19. The number of amides is 1. The van der Waals surface area contributed by atoms with Crippen molar-refractivity contribution in [2.24, 2.45) is 5.73 Å². The van der Waals surface area contributed by atoms with Crippen LogP contribution in [0.15, 0.2) is 24.4 Å². The molecule has 0 aliphatic rings. The van der Waals surface area contributed by atoms with E-state index in [1.165, 1.54) is 0 Å². The van der Waals surface area contributed by atoms with Crippen molar-refractivity contribution in [2.75, 3.05) is 13.6 Å². The highest BCUT2D eigenvalue weighted by Gasteiger charge is 2.17.